The number of hydrogen-bond donors (Lipinski definition) is 2. The highest BCUT2D eigenvalue weighted by Crippen LogP contribution is 2.24. The average Bonchev–Trinajstić information content (AvgIpc) is 2.88. The summed E-state index contributed by atoms with van der Waals surface area (Å²) in [6.45, 7) is 2.26. The van der Waals surface area contributed by atoms with E-state index in [1.165, 1.54) is 4.31 Å². The van der Waals surface area contributed by atoms with Crippen LogP contribution in [-0.2, 0) is 10.0 Å². The molecule has 0 aliphatic carbocycles. The van der Waals surface area contributed by atoms with E-state index in [-0.39, 0.29) is 17.7 Å². The number of sulfonamides is 1. The summed E-state index contributed by atoms with van der Waals surface area (Å²) in [5.74, 6) is 0.0316. The Labute approximate surface area is 130 Å². The van der Waals surface area contributed by atoms with Crippen LogP contribution in [0.5, 0.6) is 0 Å². The fourth-order valence-corrected chi connectivity index (χ4v) is 4.53. The van der Waals surface area contributed by atoms with Crippen molar-refractivity contribution in [2.24, 2.45) is 0 Å². The maximum atomic E-state index is 12.3. The van der Waals surface area contributed by atoms with Gasteiger partial charge in [0.15, 0.2) is 0 Å². The summed E-state index contributed by atoms with van der Waals surface area (Å²) in [6, 6.07) is 6.99. The van der Waals surface area contributed by atoms with Crippen LogP contribution in [0.15, 0.2) is 24.3 Å². The van der Waals surface area contributed by atoms with Crippen molar-refractivity contribution in [3.63, 3.8) is 0 Å². The van der Waals surface area contributed by atoms with Crippen LogP contribution in [0.2, 0.25) is 0 Å². The summed E-state index contributed by atoms with van der Waals surface area (Å²) in [4.78, 5) is 12.3. The number of anilines is 1. The number of benzene rings is 1. The van der Waals surface area contributed by atoms with Crippen molar-refractivity contribution in [2.75, 3.05) is 29.7 Å². The highest BCUT2D eigenvalue weighted by molar-refractivity contribution is 7.93. The van der Waals surface area contributed by atoms with E-state index < -0.39 is 10.0 Å². The maximum Gasteiger partial charge on any atom is 0.251 e. The van der Waals surface area contributed by atoms with E-state index >= 15 is 0 Å². The van der Waals surface area contributed by atoms with E-state index in [1.54, 1.807) is 24.3 Å². The monoisotopic (exact) mass is 323 g/mol. The van der Waals surface area contributed by atoms with Gasteiger partial charge in [-0.25, -0.2) is 8.42 Å². The molecule has 0 bridgehead atoms. The van der Waals surface area contributed by atoms with Gasteiger partial charge in [0.25, 0.3) is 5.91 Å². The number of nitrogens with one attached hydrogen (secondary N) is 2. The van der Waals surface area contributed by atoms with Crippen LogP contribution < -0.4 is 14.9 Å². The van der Waals surface area contributed by atoms with Crippen molar-refractivity contribution in [3.8, 4) is 0 Å². The van der Waals surface area contributed by atoms with Crippen molar-refractivity contribution < 1.29 is 13.2 Å². The quantitative estimate of drug-likeness (QED) is 0.859. The second kappa shape index (κ2) is 6.26. The third-order valence-electron chi connectivity index (χ3n) is 4.13. The smallest absolute Gasteiger partial charge is 0.251 e. The van der Waals surface area contributed by atoms with Crippen molar-refractivity contribution in [2.45, 2.75) is 25.3 Å². The van der Waals surface area contributed by atoms with Gasteiger partial charge in [0.1, 0.15) is 0 Å². The predicted molar refractivity (Wildman–Crippen MR) is 85.5 cm³/mol. The number of nitrogens with zero attached hydrogens (tertiary/aromatic N) is 1. The fraction of sp³-hybridized carbons (Fsp3) is 0.533. The van der Waals surface area contributed by atoms with Crippen LogP contribution in [0, 0.1) is 0 Å². The molecular weight excluding hydrogens is 302 g/mol. The molecule has 2 aliphatic heterocycles. The normalized spacial score (nSPS) is 24.2. The van der Waals surface area contributed by atoms with E-state index in [2.05, 4.69) is 10.6 Å². The zero-order valence-electron chi connectivity index (χ0n) is 12.4. The minimum absolute atomic E-state index is 0.139. The molecule has 22 heavy (non-hydrogen) atoms. The predicted octanol–water partition coefficient (Wildman–Crippen LogP) is 0.708. The molecule has 1 atom stereocenters. The van der Waals surface area contributed by atoms with Gasteiger partial charge in [-0.1, -0.05) is 6.07 Å². The minimum Gasteiger partial charge on any atom is -0.348 e. The molecular formula is C15H21N3O3S. The van der Waals surface area contributed by atoms with E-state index in [4.69, 9.17) is 0 Å². The Morgan fingerprint density at radius 3 is 2.86 bits per heavy atom. The molecule has 0 aromatic heterocycles. The van der Waals surface area contributed by atoms with Crippen LogP contribution in [0.3, 0.4) is 0 Å². The summed E-state index contributed by atoms with van der Waals surface area (Å²) in [7, 11) is -3.22. The molecule has 0 radical (unpaired) electrons. The molecule has 6 nitrogen and oxygen atoms in total. The second-order valence-electron chi connectivity index (χ2n) is 5.81. The average molecular weight is 323 g/mol. The number of amides is 1. The molecule has 2 aliphatic rings. The summed E-state index contributed by atoms with van der Waals surface area (Å²) in [5, 5.41) is 6.26. The third-order valence-corrected chi connectivity index (χ3v) is 6.00. The number of rotatable bonds is 3. The van der Waals surface area contributed by atoms with Crippen molar-refractivity contribution in [3.05, 3.63) is 29.8 Å². The Kier molecular flexibility index (Phi) is 4.35. The molecule has 2 saturated heterocycles. The molecule has 2 fully saturated rings. The van der Waals surface area contributed by atoms with Gasteiger partial charge in [-0.15, -0.1) is 0 Å². The topological polar surface area (TPSA) is 78.5 Å². The highest BCUT2D eigenvalue weighted by Gasteiger charge is 2.28. The van der Waals surface area contributed by atoms with Crippen LogP contribution >= 0.6 is 0 Å². The van der Waals surface area contributed by atoms with Gasteiger partial charge < -0.3 is 10.6 Å². The second-order valence-corrected chi connectivity index (χ2v) is 7.82. The summed E-state index contributed by atoms with van der Waals surface area (Å²) in [6.07, 6.45) is 2.66. The minimum atomic E-state index is -3.22. The molecule has 1 aromatic carbocycles. The number of piperidine rings is 1. The van der Waals surface area contributed by atoms with Gasteiger partial charge >= 0.3 is 0 Å². The lowest BCUT2D eigenvalue weighted by Gasteiger charge is -2.24. The summed E-state index contributed by atoms with van der Waals surface area (Å²) in [5.41, 5.74) is 1.08. The van der Waals surface area contributed by atoms with E-state index in [0.29, 0.717) is 24.2 Å². The molecule has 1 aromatic rings. The Bertz CT molecular complexity index is 654. The lowest BCUT2D eigenvalue weighted by Crippen LogP contribution is -2.45. The van der Waals surface area contributed by atoms with Crippen molar-refractivity contribution in [1.29, 1.82) is 0 Å². The summed E-state index contributed by atoms with van der Waals surface area (Å²) < 4.78 is 25.3. The van der Waals surface area contributed by atoms with E-state index in [0.717, 1.165) is 25.9 Å². The first-order valence-corrected chi connectivity index (χ1v) is 9.29. The molecule has 120 valence electrons. The lowest BCUT2D eigenvalue weighted by molar-refractivity contribution is 0.0930. The number of hydrogen-bond acceptors (Lipinski definition) is 4. The van der Waals surface area contributed by atoms with Gasteiger partial charge in [-0.05, 0) is 44.0 Å². The number of carbonyl (C=O) groups is 1. The van der Waals surface area contributed by atoms with Gasteiger partial charge in [-0.2, -0.15) is 0 Å². The lowest BCUT2D eigenvalue weighted by atomic mass is 10.1. The Morgan fingerprint density at radius 2 is 2.18 bits per heavy atom. The highest BCUT2D eigenvalue weighted by atomic mass is 32.2. The molecule has 1 amide bonds. The Morgan fingerprint density at radius 1 is 1.32 bits per heavy atom. The van der Waals surface area contributed by atoms with Crippen molar-refractivity contribution >= 4 is 21.6 Å². The van der Waals surface area contributed by atoms with Crippen LogP contribution in [0.4, 0.5) is 5.69 Å². The molecule has 0 saturated carbocycles. The molecule has 2 heterocycles. The summed E-state index contributed by atoms with van der Waals surface area (Å²) >= 11 is 0. The van der Waals surface area contributed by atoms with Crippen molar-refractivity contribution in [1.82, 2.24) is 10.6 Å². The zero-order valence-corrected chi connectivity index (χ0v) is 13.2. The fourth-order valence-electron chi connectivity index (χ4n) is 2.98. The van der Waals surface area contributed by atoms with E-state index in [9.17, 15) is 13.2 Å². The van der Waals surface area contributed by atoms with Crippen LogP contribution in [-0.4, -0.2) is 45.8 Å². The van der Waals surface area contributed by atoms with Gasteiger partial charge in [0.2, 0.25) is 10.0 Å². The van der Waals surface area contributed by atoms with Gasteiger partial charge in [0, 0.05) is 24.7 Å². The Balaban J connectivity index is 1.74. The maximum absolute atomic E-state index is 12.3. The van der Waals surface area contributed by atoms with Gasteiger partial charge in [0.05, 0.1) is 11.4 Å². The molecule has 0 spiro atoms. The first kappa shape index (κ1) is 15.3. The number of carbonyl (C=O) groups excluding carboxylic acids is 1. The molecule has 1 unspecified atom stereocenters. The first-order valence-electron chi connectivity index (χ1n) is 7.68. The standard InChI is InChI=1S/C15H21N3O3S/c19-15(17-13-5-2-7-16-11-13)12-4-1-6-14(10-12)18-8-3-9-22(18,20)21/h1,4,6,10,13,16H,2-3,5,7-9,11H2,(H,17,19). The van der Waals surface area contributed by atoms with E-state index in [1.807, 2.05) is 0 Å². The SMILES string of the molecule is O=C(NC1CCCNC1)c1cccc(N2CCCS2(=O)=O)c1. The van der Waals surface area contributed by atoms with Crippen LogP contribution in [0.1, 0.15) is 29.6 Å². The van der Waals surface area contributed by atoms with Gasteiger partial charge in [-0.3, -0.25) is 9.10 Å². The van der Waals surface area contributed by atoms with Crippen LogP contribution in [0.25, 0.3) is 0 Å². The zero-order chi connectivity index (χ0) is 15.6. The molecule has 2 N–H and O–H groups in total. The molecule has 7 heteroatoms. The Hall–Kier alpha value is -1.60. The first-order chi connectivity index (χ1) is 10.6. The largest absolute Gasteiger partial charge is 0.348 e. The third kappa shape index (κ3) is 3.25. The molecule has 3 rings (SSSR count).